The molecule has 94 valence electrons. The van der Waals surface area contributed by atoms with Crippen molar-refractivity contribution in [1.82, 2.24) is 4.90 Å². The highest BCUT2D eigenvalue weighted by Crippen LogP contribution is 2.28. The average Bonchev–Trinajstić information content (AvgIpc) is 2.40. The van der Waals surface area contributed by atoms with E-state index in [2.05, 4.69) is 4.90 Å². The van der Waals surface area contributed by atoms with Gasteiger partial charge in [0.1, 0.15) is 0 Å². The first-order valence-electron chi connectivity index (χ1n) is 5.90. The first-order valence-corrected chi connectivity index (χ1v) is 6.78. The highest BCUT2D eigenvalue weighted by atomic mass is 35.5. The maximum absolute atomic E-state index is 6.39. The second kappa shape index (κ2) is 6.60. The Morgan fingerprint density at radius 1 is 1.12 bits per heavy atom. The second-order valence-electron chi connectivity index (χ2n) is 4.24. The van der Waals surface area contributed by atoms with Crippen LogP contribution < -0.4 is 0 Å². The predicted octanol–water partition coefficient (Wildman–Crippen LogP) is 2.91. The maximum atomic E-state index is 6.39. The van der Waals surface area contributed by atoms with Gasteiger partial charge in [-0.25, -0.2) is 0 Å². The monoisotopic (exact) mass is 273 g/mol. The van der Waals surface area contributed by atoms with Crippen molar-refractivity contribution in [3.8, 4) is 0 Å². The van der Waals surface area contributed by atoms with Crippen LogP contribution in [-0.4, -0.2) is 43.1 Å². The zero-order chi connectivity index (χ0) is 12.1. The Bertz CT molecular complexity index is 327. The number of halogens is 2. The molecule has 0 spiro atoms. The van der Waals surface area contributed by atoms with Gasteiger partial charge in [-0.05, 0) is 5.56 Å². The summed E-state index contributed by atoms with van der Waals surface area (Å²) in [5.41, 5.74) is 1.09. The Balaban J connectivity index is 1.88. The van der Waals surface area contributed by atoms with E-state index in [4.69, 9.17) is 27.9 Å². The summed E-state index contributed by atoms with van der Waals surface area (Å²) in [6, 6.07) is 10.0. The molecule has 0 N–H and O–H groups in total. The van der Waals surface area contributed by atoms with E-state index in [9.17, 15) is 0 Å². The van der Waals surface area contributed by atoms with Crippen LogP contribution in [0.15, 0.2) is 30.3 Å². The third-order valence-electron chi connectivity index (χ3n) is 2.97. The van der Waals surface area contributed by atoms with Crippen LogP contribution in [0.1, 0.15) is 10.9 Å². The van der Waals surface area contributed by atoms with E-state index in [-0.39, 0.29) is 10.8 Å². The quantitative estimate of drug-likeness (QED) is 0.783. The summed E-state index contributed by atoms with van der Waals surface area (Å²) >= 11 is 12.8. The van der Waals surface area contributed by atoms with Crippen molar-refractivity contribution < 1.29 is 4.74 Å². The fourth-order valence-electron chi connectivity index (χ4n) is 1.97. The first-order chi connectivity index (χ1) is 8.27. The molecule has 1 aliphatic rings. The summed E-state index contributed by atoms with van der Waals surface area (Å²) in [5, 5.41) is -0.210. The van der Waals surface area contributed by atoms with Gasteiger partial charge in [-0.1, -0.05) is 30.3 Å². The van der Waals surface area contributed by atoms with Crippen molar-refractivity contribution in [1.29, 1.82) is 0 Å². The summed E-state index contributed by atoms with van der Waals surface area (Å²) in [6.07, 6.45) is 0. The Morgan fingerprint density at radius 2 is 1.76 bits per heavy atom. The lowest BCUT2D eigenvalue weighted by Crippen LogP contribution is -2.40. The fraction of sp³-hybridized carbons (Fsp3) is 0.538. The third-order valence-corrected chi connectivity index (χ3v) is 4.05. The zero-order valence-electron chi connectivity index (χ0n) is 9.69. The number of benzene rings is 1. The fourth-order valence-corrected chi connectivity index (χ4v) is 2.53. The Morgan fingerprint density at radius 3 is 2.41 bits per heavy atom. The molecule has 1 aromatic carbocycles. The molecular weight excluding hydrogens is 257 g/mol. The van der Waals surface area contributed by atoms with Gasteiger partial charge in [-0.3, -0.25) is 4.90 Å². The molecule has 0 radical (unpaired) electrons. The number of ether oxygens (including phenoxy) is 1. The van der Waals surface area contributed by atoms with E-state index in [1.54, 1.807) is 0 Å². The minimum absolute atomic E-state index is 0.0721. The van der Waals surface area contributed by atoms with Gasteiger partial charge in [-0.15, -0.1) is 23.2 Å². The molecule has 0 bridgehead atoms. The topological polar surface area (TPSA) is 12.5 Å². The molecule has 4 heteroatoms. The van der Waals surface area contributed by atoms with Crippen LogP contribution >= 0.6 is 23.2 Å². The SMILES string of the molecule is ClC(CN1CCOCC1)C(Cl)c1ccccc1. The molecule has 0 aromatic heterocycles. The van der Waals surface area contributed by atoms with E-state index in [1.807, 2.05) is 30.3 Å². The summed E-state index contributed by atoms with van der Waals surface area (Å²) in [7, 11) is 0. The molecule has 0 aliphatic carbocycles. The Hall–Kier alpha value is -0.280. The van der Waals surface area contributed by atoms with Crippen LogP contribution in [0.2, 0.25) is 0 Å². The number of rotatable bonds is 4. The molecule has 2 nitrogen and oxygen atoms in total. The Kier molecular flexibility index (Phi) is 5.11. The molecule has 2 rings (SSSR count). The van der Waals surface area contributed by atoms with Crippen molar-refractivity contribution >= 4 is 23.2 Å². The summed E-state index contributed by atoms with van der Waals surface area (Å²) in [5.74, 6) is 0. The van der Waals surface area contributed by atoms with E-state index >= 15 is 0 Å². The number of hydrogen-bond donors (Lipinski definition) is 0. The molecule has 1 saturated heterocycles. The standard InChI is InChI=1S/C13H17Cl2NO/c14-12(10-16-6-8-17-9-7-16)13(15)11-4-2-1-3-5-11/h1-5,12-13H,6-10H2. The highest BCUT2D eigenvalue weighted by Gasteiger charge is 2.22. The van der Waals surface area contributed by atoms with Gasteiger partial charge < -0.3 is 4.74 Å². The molecule has 0 saturated carbocycles. The van der Waals surface area contributed by atoms with Crippen LogP contribution in [0.4, 0.5) is 0 Å². The molecule has 2 unspecified atom stereocenters. The number of morpholine rings is 1. The smallest absolute Gasteiger partial charge is 0.0761 e. The van der Waals surface area contributed by atoms with Gasteiger partial charge in [0.05, 0.1) is 24.0 Å². The summed E-state index contributed by atoms with van der Waals surface area (Å²) < 4.78 is 5.31. The highest BCUT2D eigenvalue weighted by molar-refractivity contribution is 6.30. The molecule has 1 aliphatic heterocycles. The number of nitrogens with zero attached hydrogens (tertiary/aromatic N) is 1. The third kappa shape index (κ3) is 3.85. The lowest BCUT2D eigenvalue weighted by Gasteiger charge is -2.29. The van der Waals surface area contributed by atoms with Crippen LogP contribution in [0.3, 0.4) is 0 Å². The van der Waals surface area contributed by atoms with Crippen molar-refractivity contribution in [3.63, 3.8) is 0 Å². The van der Waals surface area contributed by atoms with Crippen LogP contribution in [0.25, 0.3) is 0 Å². The normalized spacial score (nSPS) is 21.1. The van der Waals surface area contributed by atoms with Crippen LogP contribution in [0, 0.1) is 0 Å². The van der Waals surface area contributed by atoms with E-state index < -0.39 is 0 Å². The zero-order valence-corrected chi connectivity index (χ0v) is 11.2. The van der Waals surface area contributed by atoms with Crippen molar-refractivity contribution in [2.24, 2.45) is 0 Å². The number of alkyl halides is 2. The van der Waals surface area contributed by atoms with Crippen LogP contribution in [-0.2, 0) is 4.74 Å². The van der Waals surface area contributed by atoms with Gasteiger partial charge in [0.15, 0.2) is 0 Å². The van der Waals surface area contributed by atoms with Crippen LogP contribution in [0.5, 0.6) is 0 Å². The maximum Gasteiger partial charge on any atom is 0.0761 e. The van der Waals surface area contributed by atoms with E-state index in [0.717, 1.165) is 38.4 Å². The first kappa shape index (κ1) is 13.2. The molecular formula is C13H17Cl2NO. The minimum atomic E-state index is -0.138. The Labute approximate surface area is 112 Å². The van der Waals surface area contributed by atoms with Crippen molar-refractivity contribution in [2.45, 2.75) is 10.8 Å². The molecule has 2 atom stereocenters. The predicted molar refractivity (Wildman–Crippen MR) is 71.9 cm³/mol. The van der Waals surface area contributed by atoms with Crippen molar-refractivity contribution in [2.75, 3.05) is 32.8 Å². The van der Waals surface area contributed by atoms with Gasteiger partial charge in [-0.2, -0.15) is 0 Å². The summed E-state index contributed by atoms with van der Waals surface area (Å²) in [6.45, 7) is 4.29. The van der Waals surface area contributed by atoms with Gasteiger partial charge in [0.25, 0.3) is 0 Å². The molecule has 17 heavy (non-hydrogen) atoms. The van der Waals surface area contributed by atoms with Gasteiger partial charge in [0.2, 0.25) is 0 Å². The summed E-state index contributed by atoms with van der Waals surface area (Å²) in [4.78, 5) is 2.31. The molecule has 0 amide bonds. The lowest BCUT2D eigenvalue weighted by molar-refractivity contribution is 0.0378. The molecule has 1 aromatic rings. The van der Waals surface area contributed by atoms with Crippen molar-refractivity contribution in [3.05, 3.63) is 35.9 Å². The lowest BCUT2D eigenvalue weighted by atomic mass is 10.1. The molecule has 1 fully saturated rings. The van der Waals surface area contributed by atoms with E-state index in [0.29, 0.717) is 0 Å². The van der Waals surface area contributed by atoms with Gasteiger partial charge >= 0.3 is 0 Å². The second-order valence-corrected chi connectivity index (χ2v) is 5.27. The van der Waals surface area contributed by atoms with Gasteiger partial charge in [0, 0.05) is 19.6 Å². The average molecular weight is 274 g/mol. The minimum Gasteiger partial charge on any atom is -0.379 e. The van der Waals surface area contributed by atoms with E-state index in [1.165, 1.54) is 0 Å². The number of hydrogen-bond acceptors (Lipinski definition) is 2. The molecule has 1 heterocycles. The largest absolute Gasteiger partial charge is 0.379 e.